The normalized spacial score (nSPS) is 25.6. The number of rotatable bonds is 4. The standard InChI is InChI=1S/C13H25N3O3S/c1-13(2,3)10-15-9-11(8-12(15)17)14-20(18,19)16-6-4-5-7-16/h11,14H,4-10H2,1-3H3. The van der Waals surface area contributed by atoms with Crippen molar-refractivity contribution in [2.45, 2.75) is 46.1 Å². The van der Waals surface area contributed by atoms with Crippen molar-refractivity contribution in [3.05, 3.63) is 0 Å². The van der Waals surface area contributed by atoms with Crippen LogP contribution in [0.2, 0.25) is 0 Å². The van der Waals surface area contributed by atoms with Crippen LogP contribution in [0, 0.1) is 5.41 Å². The quantitative estimate of drug-likeness (QED) is 0.825. The molecule has 0 saturated carbocycles. The first kappa shape index (κ1) is 15.7. The largest absolute Gasteiger partial charge is 0.341 e. The van der Waals surface area contributed by atoms with Gasteiger partial charge in [-0.15, -0.1) is 0 Å². The van der Waals surface area contributed by atoms with Gasteiger partial charge in [-0.05, 0) is 18.3 Å². The van der Waals surface area contributed by atoms with E-state index in [1.807, 2.05) is 0 Å². The van der Waals surface area contributed by atoms with Gasteiger partial charge in [0, 0.05) is 38.6 Å². The van der Waals surface area contributed by atoms with E-state index in [4.69, 9.17) is 0 Å². The lowest BCUT2D eigenvalue weighted by Gasteiger charge is -2.26. The van der Waals surface area contributed by atoms with Crippen LogP contribution in [0.4, 0.5) is 0 Å². The Morgan fingerprint density at radius 2 is 1.85 bits per heavy atom. The fourth-order valence-corrected chi connectivity index (χ4v) is 4.26. The molecule has 0 spiro atoms. The zero-order valence-corrected chi connectivity index (χ0v) is 13.4. The molecule has 1 amide bonds. The Morgan fingerprint density at radius 3 is 2.40 bits per heavy atom. The topological polar surface area (TPSA) is 69.7 Å². The highest BCUT2D eigenvalue weighted by atomic mass is 32.2. The van der Waals surface area contributed by atoms with Crippen LogP contribution in [0.25, 0.3) is 0 Å². The van der Waals surface area contributed by atoms with Crippen molar-refractivity contribution in [2.24, 2.45) is 5.41 Å². The summed E-state index contributed by atoms with van der Waals surface area (Å²) in [6, 6.07) is -0.296. The number of likely N-dealkylation sites (tertiary alicyclic amines) is 1. The van der Waals surface area contributed by atoms with Crippen LogP contribution in [0.5, 0.6) is 0 Å². The molecule has 0 aromatic heterocycles. The minimum Gasteiger partial charge on any atom is -0.341 e. The fourth-order valence-electron chi connectivity index (χ4n) is 2.79. The SMILES string of the molecule is CC(C)(C)CN1CC(NS(=O)(=O)N2CCCC2)CC1=O. The monoisotopic (exact) mass is 303 g/mol. The van der Waals surface area contributed by atoms with E-state index in [1.54, 1.807) is 4.90 Å². The Balaban J connectivity index is 1.93. The van der Waals surface area contributed by atoms with Gasteiger partial charge in [-0.3, -0.25) is 4.79 Å². The molecule has 2 aliphatic heterocycles. The van der Waals surface area contributed by atoms with Crippen molar-refractivity contribution in [1.82, 2.24) is 13.9 Å². The van der Waals surface area contributed by atoms with Crippen LogP contribution >= 0.6 is 0 Å². The predicted octanol–water partition coefficient (Wildman–Crippen LogP) is 0.564. The molecule has 7 heteroatoms. The summed E-state index contributed by atoms with van der Waals surface area (Å²) in [4.78, 5) is 13.7. The minimum atomic E-state index is -3.43. The minimum absolute atomic E-state index is 0.0262. The number of carbonyl (C=O) groups is 1. The summed E-state index contributed by atoms with van der Waals surface area (Å²) in [6.45, 7) is 8.52. The summed E-state index contributed by atoms with van der Waals surface area (Å²) < 4.78 is 28.5. The van der Waals surface area contributed by atoms with Gasteiger partial charge in [-0.1, -0.05) is 20.8 Å². The number of nitrogens with one attached hydrogen (secondary N) is 1. The Kier molecular flexibility index (Phi) is 4.41. The lowest BCUT2D eigenvalue weighted by atomic mass is 9.96. The van der Waals surface area contributed by atoms with Gasteiger partial charge >= 0.3 is 0 Å². The molecule has 0 radical (unpaired) electrons. The van der Waals surface area contributed by atoms with Crippen LogP contribution < -0.4 is 4.72 Å². The van der Waals surface area contributed by atoms with E-state index < -0.39 is 10.2 Å². The zero-order chi connectivity index (χ0) is 15.0. The first-order chi connectivity index (χ1) is 9.17. The molecule has 1 N–H and O–H groups in total. The van der Waals surface area contributed by atoms with Crippen LogP contribution in [-0.4, -0.2) is 55.8 Å². The van der Waals surface area contributed by atoms with Gasteiger partial charge in [0.15, 0.2) is 0 Å². The van der Waals surface area contributed by atoms with Crippen LogP contribution in [-0.2, 0) is 15.0 Å². The van der Waals surface area contributed by atoms with Gasteiger partial charge in [0.25, 0.3) is 10.2 Å². The maximum atomic E-state index is 12.2. The smallest absolute Gasteiger partial charge is 0.279 e. The maximum Gasteiger partial charge on any atom is 0.279 e. The lowest BCUT2D eigenvalue weighted by Crippen LogP contribution is -2.45. The third kappa shape index (κ3) is 3.93. The molecule has 0 aromatic rings. The van der Waals surface area contributed by atoms with Crippen LogP contribution in [0.3, 0.4) is 0 Å². The summed E-state index contributed by atoms with van der Waals surface area (Å²) in [7, 11) is -3.43. The van der Waals surface area contributed by atoms with Gasteiger partial charge < -0.3 is 4.90 Å². The maximum absolute atomic E-state index is 12.2. The van der Waals surface area contributed by atoms with Crippen molar-refractivity contribution < 1.29 is 13.2 Å². The Labute approximate surface area is 121 Å². The average molecular weight is 303 g/mol. The molecule has 6 nitrogen and oxygen atoms in total. The second-order valence-corrected chi connectivity index (χ2v) is 8.67. The van der Waals surface area contributed by atoms with Gasteiger partial charge in [0.05, 0.1) is 0 Å². The van der Waals surface area contributed by atoms with Gasteiger partial charge in [-0.25, -0.2) is 0 Å². The molecule has 20 heavy (non-hydrogen) atoms. The molecule has 0 aliphatic carbocycles. The van der Waals surface area contributed by atoms with Crippen molar-refractivity contribution in [3.63, 3.8) is 0 Å². The Hall–Kier alpha value is -0.660. The number of hydrogen-bond acceptors (Lipinski definition) is 3. The van der Waals surface area contributed by atoms with Gasteiger partial charge in [-0.2, -0.15) is 17.4 Å². The molecule has 1 unspecified atom stereocenters. The highest BCUT2D eigenvalue weighted by molar-refractivity contribution is 7.87. The Bertz CT molecular complexity index is 464. The molecule has 0 bridgehead atoms. The highest BCUT2D eigenvalue weighted by Gasteiger charge is 2.36. The molecule has 2 rings (SSSR count). The summed E-state index contributed by atoms with van der Waals surface area (Å²) in [5.74, 6) is 0.0362. The average Bonchev–Trinajstić information content (AvgIpc) is 2.87. The summed E-state index contributed by atoms with van der Waals surface area (Å²) >= 11 is 0. The van der Waals surface area contributed by atoms with Crippen LogP contribution in [0.1, 0.15) is 40.0 Å². The van der Waals surface area contributed by atoms with Crippen molar-refractivity contribution >= 4 is 16.1 Å². The van der Waals surface area contributed by atoms with Crippen molar-refractivity contribution in [3.8, 4) is 0 Å². The van der Waals surface area contributed by atoms with E-state index in [9.17, 15) is 13.2 Å². The second kappa shape index (κ2) is 5.61. The van der Waals surface area contributed by atoms with Crippen molar-refractivity contribution in [1.29, 1.82) is 0 Å². The predicted molar refractivity (Wildman–Crippen MR) is 77.3 cm³/mol. The molecule has 2 saturated heterocycles. The fraction of sp³-hybridized carbons (Fsp3) is 0.923. The third-order valence-corrected chi connectivity index (χ3v) is 5.28. The summed E-state index contributed by atoms with van der Waals surface area (Å²) in [5.41, 5.74) is 0.0262. The van der Waals surface area contributed by atoms with Gasteiger partial charge in [0.1, 0.15) is 0 Å². The molecule has 2 fully saturated rings. The molecule has 1 atom stereocenters. The van der Waals surface area contributed by atoms with E-state index in [0.29, 0.717) is 26.2 Å². The number of amides is 1. The van der Waals surface area contributed by atoms with Gasteiger partial charge in [0.2, 0.25) is 5.91 Å². The molecule has 2 heterocycles. The summed E-state index contributed by atoms with van der Waals surface area (Å²) in [5, 5.41) is 0. The van der Waals surface area contributed by atoms with Crippen molar-refractivity contribution in [2.75, 3.05) is 26.2 Å². The van der Waals surface area contributed by atoms with E-state index in [1.165, 1.54) is 4.31 Å². The van der Waals surface area contributed by atoms with E-state index >= 15 is 0 Å². The molecule has 0 aromatic carbocycles. The number of carbonyl (C=O) groups excluding carboxylic acids is 1. The summed E-state index contributed by atoms with van der Waals surface area (Å²) in [6.07, 6.45) is 2.10. The Morgan fingerprint density at radius 1 is 1.25 bits per heavy atom. The van der Waals surface area contributed by atoms with E-state index in [-0.39, 0.29) is 23.8 Å². The zero-order valence-electron chi connectivity index (χ0n) is 12.6. The van der Waals surface area contributed by atoms with E-state index in [0.717, 1.165) is 12.8 Å². The number of hydrogen-bond donors (Lipinski definition) is 1. The molecule has 2 aliphatic rings. The first-order valence-electron chi connectivity index (χ1n) is 7.22. The number of nitrogens with zero attached hydrogens (tertiary/aromatic N) is 2. The molecular formula is C13H25N3O3S. The second-order valence-electron chi connectivity index (χ2n) is 6.97. The van der Waals surface area contributed by atoms with Crippen LogP contribution in [0.15, 0.2) is 0 Å². The van der Waals surface area contributed by atoms with E-state index in [2.05, 4.69) is 25.5 Å². The third-order valence-electron chi connectivity index (χ3n) is 3.60. The first-order valence-corrected chi connectivity index (χ1v) is 8.67. The lowest BCUT2D eigenvalue weighted by molar-refractivity contribution is -0.128. The molecular weight excluding hydrogens is 278 g/mol. The highest BCUT2D eigenvalue weighted by Crippen LogP contribution is 2.21. The molecule has 116 valence electrons.